The number of hydrogen-bond acceptors (Lipinski definition) is 4. The summed E-state index contributed by atoms with van der Waals surface area (Å²) < 4.78 is 13.5. The Labute approximate surface area is 210 Å². The fourth-order valence-electron chi connectivity index (χ4n) is 4.71. The van der Waals surface area contributed by atoms with Crippen molar-refractivity contribution in [1.82, 2.24) is 5.01 Å². The maximum absolute atomic E-state index is 6.50. The van der Waals surface area contributed by atoms with Gasteiger partial charge in [-0.25, -0.2) is 5.01 Å². The highest BCUT2D eigenvalue weighted by atomic mass is 79.9. The first-order valence-electron chi connectivity index (χ1n) is 12.3. The molecule has 34 heavy (non-hydrogen) atoms. The third kappa shape index (κ3) is 5.00. The lowest BCUT2D eigenvalue weighted by atomic mass is 9.96. The topological polar surface area (TPSA) is 34.1 Å². The van der Waals surface area contributed by atoms with Gasteiger partial charge in [0.15, 0.2) is 0 Å². The van der Waals surface area contributed by atoms with Gasteiger partial charge in [0.2, 0.25) is 6.23 Å². The van der Waals surface area contributed by atoms with Crippen molar-refractivity contribution in [2.24, 2.45) is 5.10 Å². The van der Waals surface area contributed by atoms with Crippen molar-refractivity contribution in [2.45, 2.75) is 57.7 Å². The van der Waals surface area contributed by atoms with Gasteiger partial charge >= 0.3 is 0 Å². The fraction of sp³-hybridized carbons (Fsp3) is 0.345. The Kier molecular flexibility index (Phi) is 7.19. The Balaban J connectivity index is 1.35. The summed E-state index contributed by atoms with van der Waals surface area (Å²) in [5.74, 6) is 1.83. The number of rotatable bonds is 9. The van der Waals surface area contributed by atoms with Crippen LogP contribution in [0.2, 0.25) is 0 Å². The zero-order valence-corrected chi connectivity index (χ0v) is 21.2. The van der Waals surface area contributed by atoms with Crippen LogP contribution in [0.25, 0.3) is 0 Å². The molecular formula is C29H31BrN2O2. The second kappa shape index (κ2) is 10.6. The molecule has 2 aliphatic heterocycles. The van der Waals surface area contributed by atoms with Gasteiger partial charge < -0.3 is 9.47 Å². The van der Waals surface area contributed by atoms with Crippen LogP contribution in [0.3, 0.4) is 0 Å². The lowest BCUT2D eigenvalue weighted by molar-refractivity contribution is -0.0191. The molecule has 0 spiro atoms. The number of nitrogens with zero attached hydrogens (tertiary/aromatic N) is 2. The van der Waals surface area contributed by atoms with Crippen LogP contribution < -0.4 is 9.47 Å². The molecule has 0 saturated heterocycles. The van der Waals surface area contributed by atoms with E-state index in [0.29, 0.717) is 0 Å². The zero-order chi connectivity index (χ0) is 23.3. The van der Waals surface area contributed by atoms with Gasteiger partial charge in [-0.15, -0.1) is 0 Å². The van der Waals surface area contributed by atoms with Crippen molar-refractivity contribution in [1.29, 1.82) is 0 Å². The summed E-state index contributed by atoms with van der Waals surface area (Å²) >= 11 is 3.63. The molecule has 2 atom stereocenters. The summed E-state index contributed by atoms with van der Waals surface area (Å²) in [4.78, 5) is 0. The molecule has 2 heterocycles. The van der Waals surface area contributed by atoms with Gasteiger partial charge in [0.05, 0.1) is 18.4 Å². The van der Waals surface area contributed by atoms with E-state index in [1.165, 1.54) is 31.2 Å². The largest absolute Gasteiger partial charge is 0.494 e. The highest BCUT2D eigenvalue weighted by molar-refractivity contribution is 9.10. The molecule has 5 rings (SSSR count). The summed E-state index contributed by atoms with van der Waals surface area (Å²) in [6, 6.07) is 25.1. The third-order valence-corrected chi connectivity index (χ3v) is 7.03. The predicted octanol–water partition coefficient (Wildman–Crippen LogP) is 8.04. The predicted molar refractivity (Wildman–Crippen MR) is 140 cm³/mol. The SMILES string of the molecule is CCCCCCCOc1ccc([C@@H]2Oc3ccc(Br)cc3[C@H]3CC(c4ccccc4)=NN32)cc1. The highest BCUT2D eigenvalue weighted by Crippen LogP contribution is 2.48. The summed E-state index contributed by atoms with van der Waals surface area (Å²) in [7, 11) is 0. The van der Waals surface area contributed by atoms with E-state index in [9.17, 15) is 0 Å². The molecule has 0 aliphatic carbocycles. The number of unbranched alkanes of at least 4 members (excludes halogenated alkanes) is 4. The highest BCUT2D eigenvalue weighted by Gasteiger charge is 2.41. The molecule has 4 nitrogen and oxygen atoms in total. The van der Waals surface area contributed by atoms with E-state index in [2.05, 4.69) is 88.5 Å². The van der Waals surface area contributed by atoms with E-state index in [4.69, 9.17) is 14.6 Å². The molecule has 0 fully saturated rings. The maximum Gasteiger partial charge on any atom is 0.213 e. The van der Waals surface area contributed by atoms with Gasteiger partial charge in [-0.3, -0.25) is 0 Å². The molecule has 5 heteroatoms. The van der Waals surface area contributed by atoms with Crippen molar-refractivity contribution in [3.05, 3.63) is 94.0 Å². The van der Waals surface area contributed by atoms with Crippen molar-refractivity contribution < 1.29 is 9.47 Å². The molecule has 3 aromatic rings. The molecule has 176 valence electrons. The van der Waals surface area contributed by atoms with Crippen molar-refractivity contribution >= 4 is 21.6 Å². The molecule has 0 saturated carbocycles. The lowest BCUT2D eigenvalue weighted by Gasteiger charge is -2.38. The molecule has 0 amide bonds. The van der Waals surface area contributed by atoms with Gasteiger partial charge in [0.1, 0.15) is 11.5 Å². The fourth-order valence-corrected chi connectivity index (χ4v) is 5.09. The maximum atomic E-state index is 6.50. The van der Waals surface area contributed by atoms with Crippen LogP contribution in [0.4, 0.5) is 0 Å². The van der Waals surface area contributed by atoms with Gasteiger partial charge in [-0.05, 0) is 54.4 Å². The number of fused-ring (bicyclic) bond motifs is 3. The molecule has 0 aromatic heterocycles. The summed E-state index contributed by atoms with van der Waals surface area (Å²) in [6.07, 6.45) is 6.78. The number of hydrazone groups is 1. The van der Waals surface area contributed by atoms with Crippen LogP contribution in [-0.2, 0) is 0 Å². The van der Waals surface area contributed by atoms with Crippen LogP contribution in [0.15, 0.2) is 82.4 Å². The summed E-state index contributed by atoms with van der Waals surface area (Å²) in [6.45, 7) is 3.01. The van der Waals surface area contributed by atoms with Crippen LogP contribution >= 0.6 is 15.9 Å². The normalized spacial score (nSPS) is 18.6. The smallest absolute Gasteiger partial charge is 0.213 e. The van der Waals surface area contributed by atoms with Crippen LogP contribution in [0.1, 0.15) is 74.4 Å². The quantitative estimate of drug-likeness (QED) is 0.268. The Hall–Kier alpha value is -2.79. The second-order valence-electron chi connectivity index (χ2n) is 9.00. The average Bonchev–Trinajstić information content (AvgIpc) is 3.33. The van der Waals surface area contributed by atoms with Crippen molar-refractivity contribution in [3.63, 3.8) is 0 Å². The van der Waals surface area contributed by atoms with Crippen molar-refractivity contribution in [3.8, 4) is 11.5 Å². The van der Waals surface area contributed by atoms with E-state index in [-0.39, 0.29) is 12.3 Å². The minimum atomic E-state index is -0.275. The second-order valence-corrected chi connectivity index (χ2v) is 9.91. The van der Waals surface area contributed by atoms with Crippen LogP contribution in [0.5, 0.6) is 11.5 Å². The first-order chi connectivity index (χ1) is 16.7. The molecule has 0 bridgehead atoms. The van der Waals surface area contributed by atoms with E-state index in [1.807, 2.05) is 12.1 Å². The number of ether oxygens (including phenoxy) is 2. The Morgan fingerprint density at radius 2 is 1.76 bits per heavy atom. The minimum absolute atomic E-state index is 0.139. The molecule has 3 aromatic carbocycles. The lowest BCUT2D eigenvalue weighted by Crippen LogP contribution is -2.33. The van der Waals surface area contributed by atoms with Crippen LogP contribution in [-0.4, -0.2) is 17.3 Å². The van der Waals surface area contributed by atoms with Crippen molar-refractivity contribution in [2.75, 3.05) is 6.61 Å². The van der Waals surface area contributed by atoms with E-state index < -0.39 is 0 Å². The summed E-state index contributed by atoms with van der Waals surface area (Å²) in [5.41, 5.74) is 4.50. The Bertz CT molecular complexity index is 1130. The average molecular weight is 519 g/mol. The third-order valence-electron chi connectivity index (χ3n) is 6.54. The van der Waals surface area contributed by atoms with Gasteiger partial charge in [-0.2, -0.15) is 5.10 Å². The molecular weight excluding hydrogens is 488 g/mol. The molecule has 0 radical (unpaired) electrons. The Morgan fingerprint density at radius 3 is 2.56 bits per heavy atom. The number of hydrogen-bond donors (Lipinski definition) is 0. The standard InChI is InChI=1S/C29H31BrN2O2/c1-2-3-4-5-9-18-33-24-15-12-22(13-16-24)29-32-27(25-19-23(30)14-17-28(25)34-29)20-26(31-32)21-10-7-6-8-11-21/h6-8,10-17,19,27,29H,2-5,9,18,20H2,1H3/t27-,29+/m1/s1. The number of benzene rings is 3. The van der Waals surface area contributed by atoms with E-state index >= 15 is 0 Å². The minimum Gasteiger partial charge on any atom is -0.494 e. The first-order valence-corrected chi connectivity index (χ1v) is 13.1. The van der Waals surface area contributed by atoms with E-state index in [1.54, 1.807) is 0 Å². The molecule has 2 aliphatic rings. The monoisotopic (exact) mass is 518 g/mol. The number of halogens is 1. The summed E-state index contributed by atoms with van der Waals surface area (Å²) in [5, 5.41) is 7.18. The Morgan fingerprint density at radius 1 is 0.971 bits per heavy atom. The molecule has 0 N–H and O–H groups in total. The van der Waals surface area contributed by atoms with Gasteiger partial charge in [-0.1, -0.05) is 78.9 Å². The zero-order valence-electron chi connectivity index (χ0n) is 19.6. The first kappa shape index (κ1) is 23.0. The van der Waals surface area contributed by atoms with Crippen LogP contribution in [0, 0.1) is 0 Å². The van der Waals surface area contributed by atoms with E-state index in [0.717, 1.165) is 52.3 Å². The van der Waals surface area contributed by atoms with Gasteiger partial charge in [0.25, 0.3) is 0 Å². The molecule has 0 unspecified atom stereocenters. The van der Waals surface area contributed by atoms with Gasteiger partial charge in [0, 0.05) is 22.0 Å².